The van der Waals surface area contributed by atoms with E-state index in [0.717, 1.165) is 37.2 Å². The van der Waals surface area contributed by atoms with E-state index < -0.39 is 0 Å². The fourth-order valence-electron chi connectivity index (χ4n) is 3.21. The third kappa shape index (κ3) is 3.78. The number of esters is 1. The van der Waals surface area contributed by atoms with Crippen LogP contribution < -0.4 is 4.74 Å². The van der Waals surface area contributed by atoms with Crippen LogP contribution in [0.5, 0.6) is 5.75 Å². The van der Waals surface area contributed by atoms with Crippen LogP contribution in [0, 0.1) is 5.92 Å². The normalized spacial score (nSPS) is 19.9. The minimum atomic E-state index is -0.201. The SMILES string of the molecule is CCOC(=O)C1CCCN(C(=O)/C=C/c2ccc3c(c2)CCO3)C1. The van der Waals surface area contributed by atoms with Gasteiger partial charge in [-0.15, -0.1) is 0 Å². The summed E-state index contributed by atoms with van der Waals surface area (Å²) >= 11 is 0. The molecular weight excluding hydrogens is 306 g/mol. The number of nitrogens with zero attached hydrogens (tertiary/aromatic N) is 1. The summed E-state index contributed by atoms with van der Waals surface area (Å²) in [6.45, 7) is 4.04. The van der Waals surface area contributed by atoms with Crippen LogP contribution in [0.15, 0.2) is 24.3 Å². The van der Waals surface area contributed by atoms with E-state index in [1.165, 1.54) is 5.56 Å². The lowest BCUT2D eigenvalue weighted by Gasteiger charge is -2.30. The topological polar surface area (TPSA) is 55.8 Å². The maximum absolute atomic E-state index is 12.4. The smallest absolute Gasteiger partial charge is 0.310 e. The van der Waals surface area contributed by atoms with Crippen molar-refractivity contribution >= 4 is 18.0 Å². The molecule has 5 heteroatoms. The molecule has 128 valence electrons. The zero-order valence-electron chi connectivity index (χ0n) is 14.0. The van der Waals surface area contributed by atoms with Gasteiger partial charge in [0.1, 0.15) is 5.75 Å². The Labute approximate surface area is 142 Å². The van der Waals surface area contributed by atoms with Crippen LogP contribution in [0.25, 0.3) is 6.08 Å². The van der Waals surface area contributed by atoms with E-state index in [1.54, 1.807) is 17.9 Å². The van der Waals surface area contributed by atoms with Gasteiger partial charge in [0.2, 0.25) is 5.91 Å². The first-order valence-corrected chi connectivity index (χ1v) is 8.56. The van der Waals surface area contributed by atoms with E-state index in [-0.39, 0.29) is 17.8 Å². The Bertz CT molecular complexity index is 653. The van der Waals surface area contributed by atoms with Gasteiger partial charge in [-0.3, -0.25) is 9.59 Å². The number of amides is 1. The highest BCUT2D eigenvalue weighted by atomic mass is 16.5. The Morgan fingerprint density at radius 1 is 1.42 bits per heavy atom. The van der Waals surface area contributed by atoms with Crippen LogP contribution in [0.2, 0.25) is 0 Å². The Morgan fingerprint density at radius 2 is 2.29 bits per heavy atom. The zero-order chi connectivity index (χ0) is 16.9. The molecule has 2 aliphatic heterocycles. The molecular formula is C19H23NO4. The van der Waals surface area contributed by atoms with Crippen molar-refractivity contribution in [2.75, 3.05) is 26.3 Å². The Balaban J connectivity index is 1.60. The molecule has 24 heavy (non-hydrogen) atoms. The lowest BCUT2D eigenvalue weighted by atomic mass is 9.98. The van der Waals surface area contributed by atoms with Crippen LogP contribution >= 0.6 is 0 Å². The lowest BCUT2D eigenvalue weighted by Crippen LogP contribution is -2.42. The molecule has 1 atom stereocenters. The van der Waals surface area contributed by atoms with Crippen molar-refractivity contribution in [2.45, 2.75) is 26.2 Å². The quantitative estimate of drug-likeness (QED) is 0.629. The van der Waals surface area contributed by atoms with Crippen LogP contribution in [-0.4, -0.2) is 43.1 Å². The number of fused-ring (bicyclic) bond motifs is 1. The highest BCUT2D eigenvalue weighted by Gasteiger charge is 2.28. The van der Waals surface area contributed by atoms with Gasteiger partial charge in [-0.05, 0) is 49.1 Å². The highest BCUT2D eigenvalue weighted by Crippen LogP contribution is 2.26. The monoisotopic (exact) mass is 329 g/mol. The number of ether oxygens (including phenoxy) is 2. The molecule has 0 bridgehead atoms. The number of carbonyl (C=O) groups excluding carboxylic acids is 2. The standard InChI is InChI=1S/C19H23NO4/c1-2-23-19(22)16-4-3-10-20(13-16)18(21)8-6-14-5-7-17-15(12-14)9-11-24-17/h5-8,12,16H,2-4,9-11,13H2,1H3/b8-6+. The van der Waals surface area contributed by atoms with Crippen molar-refractivity contribution in [3.05, 3.63) is 35.4 Å². The Morgan fingerprint density at radius 3 is 3.12 bits per heavy atom. The predicted molar refractivity (Wildman–Crippen MR) is 90.6 cm³/mol. The summed E-state index contributed by atoms with van der Waals surface area (Å²) in [5.41, 5.74) is 2.18. The third-order valence-corrected chi connectivity index (χ3v) is 4.48. The first kappa shape index (κ1) is 16.6. The number of hydrogen-bond acceptors (Lipinski definition) is 4. The molecule has 0 spiro atoms. The van der Waals surface area contributed by atoms with Gasteiger partial charge in [-0.2, -0.15) is 0 Å². The summed E-state index contributed by atoms with van der Waals surface area (Å²) in [7, 11) is 0. The molecule has 0 saturated carbocycles. The summed E-state index contributed by atoms with van der Waals surface area (Å²) in [5.74, 6) is 0.485. The van der Waals surface area contributed by atoms with E-state index in [1.807, 2.05) is 18.2 Å². The molecule has 1 amide bonds. The highest BCUT2D eigenvalue weighted by molar-refractivity contribution is 5.92. The van der Waals surface area contributed by atoms with Gasteiger partial charge in [-0.1, -0.05) is 6.07 Å². The number of piperidine rings is 1. The van der Waals surface area contributed by atoms with Gasteiger partial charge in [-0.25, -0.2) is 0 Å². The Hall–Kier alpha value is -2.30. The molecule has 1 fully saturated rings. The van der Waals surface area contributed by atoms with Crippen LogP contribution in [0.1, 0.15) is 30.9 Å². The molecule has 1 saturated heterocycles. The molecule has 2 aliphatic rings. The first-order valence-electron chi connectivity index (χ1n) is 8.56. The van der Waals surface area contributed by atoms with Crippen molar-refractivity contribution in [3.63, 3.8) is 0 Å². The molecule has 0 aromatic heterocycles. The third-order valence-electron chi connectivity index (χ3n) is 4.48. The van der Waals surface area contributed by atoms with Gasteiger partial charge in [0.05, 0.1) is 19.1 Å². The molecule has 5 nitrogen and oxygen atoms in total. The molecule has 3 rings (SSSR count). The van der Waals surface area contributed by atoms with Crippen molar-refractivity contribution in [1.29, 1.82) is 0 Å². The van der Waals surface area contributed by atoms with Crippen molar-refractivity contribution in [3.8, 4) is 5.75 Å². The first-order chi connectivity index (χ1) is 11.7. The molecule has 0 radical (unpaired) electrons. The second-order valence-electron chi connectivity index (χ2n) is 6.17. The maximum Gasteiger partial charge on any atom is 0.310 e. The molecule has 1 unspecified atom stereocenters. The van der Waals surface area contributed by atoms with E-state index in [9.17, 15) is 9.59 Å². The number of hydrogen-bond donors (Lipinski definition) is 0. The second kappa shape index (κ2) is 7.51. The van der Waals surface area contributed by atoms with Crippen LogP contribution in [0.4, 0.5) is 0 Å². The van der Waals surface area contributed by atoms with Gasteiger partial charge >= 0.3 is 5.97 Å². The van der Waals surface area contributed by atoms with Gasteiger partial charge < -0.3 is 14.4 Å². The number of likely N-dealkylation sites (tertiary alicyclic amines) is 1. The van der Waals surface area contributed by atoms with Gasteiger partial charge in [0.15, 0.2) is 0 Å². The molecule has 0 aliphatic carbocycles. The Kier molecular flexibility index (Phi) is 5.18. The minimum absolute atomic E-state index is 0.0549. The largest absolute Gasteiger partial charge is 0.493 e. The fraction of sp³-hybridized carbons (Fsp3) is 0.474. The molecule has 0 N–H and O–H groups in total. The second-order valence-corrected chi connectivity index (χ2v) is 6.17. The summed E-state index contributed by atoms with van der Waals surface area (Å²) in [5, 5.41) is 0. The number of benzene rings is 1. The van der Waals surface area contributed by atoms with Gasteiger partial charge in [0, 0.05) is 25.6 Å². The van der Waals surface area contributed by atoms with E-state index in [0.29, 0.717) is 19.7 Å². The van der Waals surface area contributed by atoms with E-state index in [2.05, 4.69) is 6.07 Å². The fourth-order valence-corrected chi connectivity index (χ4v) is 3.21. The average molecular weight is 329 g/mol. The van der Waals surface area contributed by atoms with E-state index >= 15 is 0 Å². The van der Waals surface area contributed by atoms with E-state index in [4.69, 9.17) is 9.47 Å². The summed E-state index contributed by atoms with van der Waals surface area (Å²) < 4.78 is 10.6. The van der Waals surface area contributed by atoms with Crippen molar-refractivity contribution in [1.82, 2.24) is 4.90 Å². The van der Waals surface area contributed by atoms with Crippen LogP contribution in [-0.2, 0) is 20.7 Å². The number of rotatable bonds is 4. The maximum atomic E-state index is 12.4. The van der Waals surface area contributed by atoms with Crippen molar-refractivity contribution < 1.29 is 19.1 Å². The average Bonchev–Trinajstić information content (AvgIpc) is 3.07. The molecule has 1 aromatic carbocycles. The zero-order valence-corrected chi connectivity index (χ0v) is 14.0. The van der Waals surface area contributed by atoms with Gasteiger partial charge in [0.25, 0.3) is 0 Å². The lowest BCUT2D eigenvalue weighted by molar-refractivity contribution is -0.150. The molecule has 1 aromatic rings. The predicted octanol–water partition coefficient (Wildman–Crippen LogP) is 2.44. The van der Waals surface area contributed by atoms with Crippen molar-refractivity contribution in [2.24, 2.45) is 5.92 Å². The number of carbonyl (C=O) groups is 2. The molecule has 2 heterocycles. The summed E-state index contributed by atoms with van der Waals surface area (Å²) in [6, 6.07) is 5.96. The summed E-state index contributed by atoms with van der Waals surface area (Å²) in [4.78, 5) is 26.0. The summed E-state index contributed by atoms with van der Waals surface area (Å²) in [6.07, 6.45) is 5.95. The minimum Gasteiger partial charge on any atom is -0.493 e. The van der Waals surface area contributed by atoms with Crippen LogP contribution in [0.3, 0.4) is 0 Å².